The molecule has 4 heteroatoms. The predicted molar refractivity (Wildman–Crippen MR) is 62.0 cm³/mol. The highest BCUT2D eigenvalue weighted by Gasteiger charge is 2.23. The fourth-order valence-electron chi connectivity index (χ4n) is 1.88. The van der Waals surface area contributed by atoms with Gasteiger partial charge >= 0.3 is 0 Å². The first kappa shape index (κ1) is 10.7. The van der Waals surface area contributed by atoms with E-state index in [9.17, 15) is 4.79 Å². The lowest BCUT2D eigenvalue weighted by molar-refractivity contribution is -0.121. The first-order chi connectivity index (χ1) is 7.31. The molecular weight excluding hydrogens is 208 g/mol. The van der Waals surface area contributed by atoms with E-state index in [1.54, 1.807) is 6.20 Å². The van der Waals surface area contributed by atoms with E-state index in [1.807, 2.05) is 22.5 Å². The summed E-state index contributed by atoms with van der Waals surface area (Å²) in [7, 11) is 0. The van der Waals surface area contributed by atoms with Crippen molar-refractivity contribution >= 4 is 17.5 Å². The summed E-state index contributed by atoms with van der Waals surface area (Å²) >= 11 is 1.89. The van der Waals surface area contributed by atoms with Crippen LogP contribution in [0.25, 0.3) is 0 Å². The van der Waals surface area contributed by atoms with Crippen molar-refractivity contribution in [3.8, 4) is 0 Å². The van der Waals surface area contributed by atoms with Crippen LogP contribution in [0.3, 0.4) is 0 Å². The van der Waals surface area contributed by atoms with Crippen LogP contribution in [0.4, 0.5) is 0 Å². The highest BCUT2D eigenvalue weighted by molar-refractivity contribution is 7.99. The fourth-order valence-corrected chi connectivity index (χ4v) is 3.14. The zero-order valence-electron chi connectivity index (χ0n) is 8.98. The lowest BCUT2D eigenvalue weighted by Gasteiger charge is -2.07. The van der Waals surface area contributed by atoms with Crippen molar-refractivity contribution in [1.82, 2.24) is 9.55 Å². The molecule has 1 unspecified atom stereocenters. The number of aromatic nitrogens is 2. The number of Topliss-reactive ketones (excluding diaryl/α,β-unsaturated/α-hetero) is 1. The predicted octanol–water partition coefficient (Wildman–Crippen LogP) is 1.77. The van der Waals surface area contributed by atoms with E-state index in [2.05, 4.69) is 11.9 Å². The van der Waals surface area contributed by atoms with Gasteiger partial charge in [0, 0.05) is 30.6 Å². The van der Waals surface area contributed by atoms with Crippen LogP contribution in [-0.2, 0) is 17.8 Å². The van der Waals surface area contributed by atoms with E-state index < -0.39 is 0 Å². The van der Waals surface area contributed by atoms with Gasteiger partial charge < -0.3 is 4.57 Å². The van der Waals surface area contributed by atoms with E-state index in [-0.39, 0.29) is 5.92 Å². The minimum atomic E-state index is 0.275. The number of aryl methyl sites for hydroxylation is 1. The molecule has 0 N–H and O–H groups in total. The third-order valence-electron chi connectivity index (χ3n) is 2.86. The number of hydrogen-bond acceptors (Lipinski definition) is 3. The SMILES string of the molecule is CCn1ccnc1CC(=O)C1CCSC1. The number of thioether (sulfide) groups is 1. The quantitative estimate of drug-likeness (QED) is 0.781. The number of carbonyl (C=O) groups excluding carboxylic acids is 1. The van der Waals surface area contributed by atoms with Gasteiger partial charge in [0.2, 0.25) is 0 Å². The highest BCUT2D eigenvalue weighted by Crippen LogP contribution is 2.24. The van der Waals surface area contributed by atoms with Crippen molar-refractivity contribution in [2.24, 2.45) is 5.92 Å². The second-order valence-corrected chi connectivity index (χ2v) is 4.98. The molecule has 0 spiro atoms. The lowest BCUT2D eigenvalue weighted by atomic mass is 10.0. The first-order valence-electron chi connectivity index (χ1n) is 5.41. The summed E-state index contributed by atoms with van der Waals surface area (Å²) in [5.41, 5.74) is 0. The van der Waals surface area contributed by atoms with E-state index in [4.69, 9.17) is 0 Å². The lowest BCUT2D eigenvalue weighted by Crippen LogP contribution is -2.18. The van der Waals surface area contributed by atoms with Gasteiger partial charge in [0.15, 0.2) is 0 Å². The van der Waals surface area contributed by atoms with Gasteiger partial charge in [0.1, 0.15) is 11.6 Å². The molecule has 0 bridgehead atoms. The van der Waals surface area contributed by atoms with Gasteiger partial charge in [-0.15, -0.1) is 0 Å². The largest absolute Gasteiger partial charge is 0.335 e. The molecule has 1 aliphatic heterocycles. The van der Waals surface area contributed by atoms with Crippen LogP contribution in [0.15, 0.2) is 12.4 Å². The van der Waals surface area contributed by atoms with Gasteiger partial charge in [-0.1, -0.05) is 0 Å². The van der Waals surface area contributed by atoms with Crippen LogP contribution in [0, 0.1) is 5.92 Å². The Balaban J connectivity index is 1.98. The third kappa shape index (κ3) is 2.43. The number of ketones is 1. The third-order valence-corrected chi connectivity index (χ3v) is 4.02. The highest BCUT2D eigenvalue weighted by atomic mass is 32.2. The van der Waals surface area contributed by atoms with Crippen molar-refractivity contribution in [3.63, 3.8) is 0 Å². The average molecular weight is 224 g/mol. The molecule has 1 saturated heterocycles. The van der Waals surface area contributed by atoms with Gasteiger partial charge in [-0.05, 0) is 19.1 Å². The van der Waals surface area contributed by atoms with E-state index in [0.717, 1.165) is 30.3 Å². The average Bonchev–Trinajstić information content (AvgIpc) is 2.87. The molecule has 82 valence electrons. The molecule has 0 aliphatic carbocycles. The Hall–Kier alpha value is -0.770. The molecule has 0 aromatic carbocycles. The molecule has 1 atom stereocenters. The van der Waals surface area contributed by atoms with Crippen molar-refractivity contribution in [3.05, 3.63) is 18.2 Å². The summed E-state index contributed by atoms with van der Waals surface area (Å²) in [6, 6.07) is 0. The summed E-state index contributed by atoms with van der Waals surface area (Å²) in [4.78, 5) is 16.1. The maximum absolute atomic E-state index is 11.9. The van der Waals surface area contributed by atoms with Crippen molar-refractivity contribution in [1.29, 1.82) is 0 Å². The molecule has 2 heterocycles. The van der Waals surface area contributed by atoms with Crippen molar-refractivity contribution in [2.45, 2.75) is 26.3 Å². The Morgan fingerprint density at radius 2 is 2.60 bits per heavy atom. The van der Waals surface area contributed by atoms with Gasteiger partial charge in [-0.25, -0.2) is 4.98 Å². The van der Waals surface area contributed by atoms with E-state index >= 15 is 0 Å². The molecule has 1 aliphatic rings. The zero-order valence-corrected chi connectivity index (χ0v) is 9.80. The second-order valence-electron chi connectivity index (χ2n) is 3.83. The smallest absolute Gasteiger partial charge is 0.144 e. The van der Waals surface area contributed by atoms with E-state index in [0.29, 0.717) is 12.2 Å². The van der Waals surface area contributed by atoms with Crippen LogP contribution in [0.5, 0.6) is 0 Å². The normalized spacial score (nSPS) is 20.7. The molecule has 1 fully saturated rings. The zero-order chi connectivity index (χ0) is 10.7. The summed E-state index contributed by atoms with van der Waals surface area (Å²) in [6.07, 6.45) is 5.27. The molecule has 1 aromatic rings. The Labute approximate surface area is 94.3 Å². The van der Waals surface area contributed by atoms with Crippen LogP contribution in [0.2, 0.25) is 0 Å². The Bertz CT molecular complexity index is 342. The van der Waals surface area contributed by atoms with Crippen LogP contribution < -0.4 is 0 Å². The standard InChI is InChI=1S/C11H16N2OS/c1-2-13-5-4-12-11(13)7-10(14)9-3-6-15-8-9/h4-5,9H,2-3,6-8H2,1H3. The molecule has 15 heavy (non-hydrogen) atoms. The summed E-state index contributed by atoms with van der Waals surface area (Å²) in [5.74, 6) is 3.70. The monoisotopic (exact) mass is 224 g/mol. The Kier molecular flexibility index (Phi) is 3.46. The van der Waals surface area contributed by atoms with Gasteiger partial charge in [0.25, 0.3) is 0 Å². The number of rotatable bonds is 4. The van der Waals surface area contributed by atoms with E-state index in [1.165, 1.54) is 0 Å². The number of nitrogens with zero attached hydrogens (tertiary/aromatic N) is 2. The topological polar surface area (TPSA) is 34.9 Å². The van der Waals surface area contributed by atoms with Crippen LogP contribution >= 0.6 is 11.8 Å². The molecule has 0 saturated carbocycles. The molecule has 0 amide bonds. The molecule has 1 aromatic heterocycles. The molecule has 3 nitrogen and oxygen atoms in total. The summed E-state index contributed by atoms with van der Waals surface area (Å²) in [5, 5.41) is 0. The van der Waals surface area contributed by atoms with Crippen molar-refractivity contribution < 1.29 is 4.79 Å². The first-order valence-corrected chi connectivity index (χ1v) is 6.57. The van der Waals surface area contributed by atoms with Crippen LogP contribution in [0.1, 0.15) is 19.2 Å². The van der Waals surface area contributed by atoms with Gasteiger partial charge in [-0.3, -0.25) is 4.79 Å². The molecular formula is C11H16N2OS. The minimum Gasteiger partial charge on any atom is -0.335 e. The number of hydrogen-bond donors (Lipinski definition) is 0. The minimum absolute atomic E-state index is 0.275. The Morgan fingerprint density at radius 1 is 1.73 bits per heavy atom. The fraction of sp³-hybridized carbons (Fsp3) is 0.636. The molecule has 0 radical (unpaired) electrons. The maximum Gasteiger partial charge on any atom is 0.144 e. The number of carbonyl (C=O) groups is 1. The van der Waals surface area contributed by atoms with Crippen molar-refractivity contribution in [2.75, 3.05) is 11.5 Å². The van der Waals surface area contributed by atoms with Crippen LogP contribution in [-0.4, -0.2) is 26.8 Å². The second kappa shape index (κ2) is 4.84. The van der Waals surface area contributed by atoms with Gasteiger partial charge in [-0.2, -0.15) is 11.8 Å². The summed E-state index contributed by atoms with van der Waals surface area (Å²) < 4.78 is 2.04. The Morgan fingerprint density at radius 3 is 3.27 bits per heavy atom. The summed E-state index contributed by atoms with van der Waals surface area (Å²) in [6.45, 7) is 2.96. The maximum atomic E-state index is 11.9. The van der Waals surface area contributed by atoms with Gasteiger partial charge in [0.05, 0.1) is 6.42 Å². The number of imidazole rings is 1. The molecule has 2 rings (SSSR count).